The van der Waals surface area contributed by atoms with E-state index in [0.717, 1.165) is 12.8 Å². The van der Waals surface area contributed by atoms with Crippen LogP contribution in [0.25, 0.3) is 0 Å². The van der Waals surface area contributed by atoms with Gasteiger partial charge in [0.25, 0.3) is 10.2 Å². The third-order valence-corrected chi connectivity index (χ3v) is 4.21. The predicted octanol–water partition coefficient (Wildman–Crippen LogP) is -0.409. The molecule has 1 aliphatic rings. The van der Waals surface area contributed by atoms with Crippen molar-refractivity contribution in [2.75, 3.05) is 13.1 Å². The molecule has 1 saturated heterocycles. The normalized spacial score (nSPS) is 20.9. The third-order valence-electron chi connectivity index (χ3n) is 2.16. The lowest BCUT2D eigenvalue weighted by Gasteiger charge is -2.19. The third kappa shape index (κ3) is 2.88. The van der Waals surface area contributed by atoms with Gasteiger partial charge in [-0.25, -0.2) is 0 Å². The molecule has 1 heterocycles. The summed E-state index contributed by atoms with van der Waals surface area (Å²) in [7, 11) is -3.39. The Morgan fingerprint density at radius 2 is 2.00 bits per heavy atom. The number of hydrogen-bond acceptors (Lipinski definition) is 3. The summed E-state index contributed by atoms with van der Waals surface area (Å²) in [6.07, 6.45) is 1.84. The molecule has 1 fully saturated rings. The molecule has 1 unspecified atom stereocenters. The van der Waals surface area contributed by atoms with Gasteiger partial charge in [-0.1, -0.05) is 12.2 Å². The molecule has 0 radical (unpaired) electrons. The van der Waals surface area contributed by atoms with E-state index in [9.17, 15) is 8.42 Å². The average Bonchev–Trinajstić information content (AvgIpc) is 2.54. The minimum atomic E-state index is -3.39. The van der Waals surface area contributed by atoms with Crippen molar-refractivity contribution < 1.29 is 8.42 Å². The zero-order chi connectivity index (χ0) is 10.8. The fourth-order valence-electron chi connectivity index (χ4n) is 1.28. The maximum atomic E-state index is 11.6. The van der Waals surface area contributed by atoms with Gasteiger partial charge in [-0.05, 0) is 19.8 Å². The summed E-state index contributed by atoms with van der Waals surface area (Å²) in [5.74, 6) is 0. The first kappa shape index (κ1) is 11.8. The maximum absolute atomic E-state index is 11.6. The Kier molecular flexibility index (Phi) is 3.82. The predicted molar refractivity (Wildman–Crippen MR) is 59.1 cm³/mol. The van der Waals surface area contributed by atoms with E-state index in [1.54, 1.807) is 6.92 Å². The highest BCUT2D eigenvalue weighted by Crippen LogP contribution is 2.11. The van der Waals surface area contributed by atoms with E-state index in [-0.39, 0.29) is 4.99 Å². The van der Waals surface area contributed by atoms with Gasteiger partial charge in [-0.15, -0.1) is 0 Å². The monoisotopic (exact) mass is 237 g/mol. The van der Waals surface area contributed by atoms with Crippen molar-refractivity contribution in [3.05, 3.63) is 0 Å². The second-order valence-corrected chi connectivity index (χ2v) is 5.53. The Bertz CT molecular complexity index is 309. The second-order valence-electron chi connectivity index (χ2n) is 3.35. The second kappa shape index (κ2) is 4.52. The van der Waals surface area contributed by atoms with Gasteiger partial charge in [0, 0.05) is 13.1 Å². The van der Waals surface area contributed by atoms with E-state index in [1.165, 1.54) is 4.31 Å². The molecule has 1 aliphatic heterocycles. The first-order chi connectivity index (χ1) is 6.43. The molecule has 0 amide bonds. The number of thiocarbonyl (C=S) groups is 1. The Morgan fingerprint density at radius 1 is 1.50 bits per heavy atom. The zero-order valence-corrected chi connectivity index (χ0v) is 9.70. The van der Waals surface area contributed by atoms with Crippen molar-refractivity contribution in [3.8, 4) is 0 Å². The van der Waals surface area contributed by atoms with Crippen molar-refractivity contribution in [1.82, 2.24) is 9.03 Å². The molecule has 0 bridgehead atoms. The van der Waals surface area contributed by atoms with Crippen LogP contribution >= 0.6 is 12.2 Å². The summed E-state index contributed by atoms with van der Waals surface area (Å²) < 4.78 is 27.1. The van der Waals surface area contributed by atoms with Gasteiger partial charge >= 0.3 is 0 Å². The van der Waals surface area contributed by atoms with Gasteiger partial charge in [-0.3, -0.25) is 0 Å². The summed E-state index contributed by atoms with van der Waals surface area (Å²) in [5.41, 5.74) is 5.33. The molecule has 5 nitrogen and oxygen atoms in total. The van der Waals surface area contributed by atoms with Crippen LogP contribution in [-0.4, -0.2) is 36.8 Å². The lowest BCUT2D eigenvalue weighted by Crippen LogP contribution is -2.47. The minimum absolute atomic E-state index is 0.160. The average molecular weight is 237 g/mol. The number of nitrogens with zero attached hydrogens (tertiary/aromatic N) is 1. The van der Waals surface area contributed by atoms with Crippen molar-refractivity contribution >= 4 is 27.4 Å². The van der Waals surface area contributed by atoms with E-state index in [1.807, 2.05) is 0 Å². The summed E-state index contributed by atoms with van der Waals surface area (Å²) >= 11 is 4.69. The van der Waals surface area contributed by atoms with Gasteiger partial charge in [0.05, 0.1) is 11.0 Å². The van der Waals surface area contributed by atoms with Crippen LogP contribution in [0.1, 0.15) is 19.8 Å². The summed E-state index contributed by atoms with van der Waals surface area (Å²) in [4.78, 5) is 0.160. The van der Waals surface area contributed by atoms with E-state index >= 15 is 0 Å². The van der Waals surface area contributed by atoms with Crippen LogP contribution in [0.4, 0.5) is 0 Å². The summed E-state index contributed by atoms with van der Waals surface area (Å²) in [5, 5.41) is 0. The molecule has 82 valence electrons. The summed E-state index contributed by atoms with van der Waals surface area (Å²) in [6.45, 7) is 2.80. The topological polar surface area (TPSA) is 75.4 Å². The van der Waals surface area contributed by atoms with Crippen molar-refractivity contribution in [3.63, 3.8) is 0 Å². The standard InChI is InChI=1S/C7H15N3O2S2/c1-6(7(8)13)9-14(11,12)10-4-2-3-5-10/h6,9H,2-5H2,1H3,(H2,8,13). The van der Waals surface area contributed by atoms with Gasteiger partial charge in [0.1, 0.15) is 0 Å². The lowest BCUT2D eigenvalue weighted by atomic mass is 10.4. The number of hydrogen-bond donors (Lipinski definition) is 2. The van der Waals surface area contributed by atoms with Crippen LogP contribution in [0.2, 0.25) is 0 Å². The molecule has 1 atom stereocenters. The fraction of sp³-hybridized carbons (Fsp3) is 0.857. The smallest absolute Gasteiger partial charge is 0.280 e. The lowest BCUT2D eigenvalue weighted by molar-refractivity contribution is 0.463. The highest BCUT2D eigenvalue weighted by atomic mass is 32.2. The van der Waals surface area contributed by atoms with Crippen LogP contribution in [0.15, 0.2) is 0 Å². The van der Waals surface area contributed by atoms with Crippen LogP contribution in [0, 0.1) is 0 Å². The molecule has 14 heavy (non-hydrogen) atoms. The van der Waals surface area contributed by atoms with Crippen LogP contribution in [-0.2, 0) is 10.2 Å². The fourth-order valence-corrected chi connectivity index (χ4v) is 2.88. The van der Waals surface area contributed by atoms with E-state index in [0.29, 0.717) is 13.1 Å². The van der Waals surface area contributed by atoms with Gasteiger partial charge in [-0.2, -0.15) is 17.4 Å². The number of nitrogens with one attached hydrogen (secondary N) is 1. The van der Waals surface area contributed by atoms with E-state index in [4.69, 9.17) is 18.0 Å². The van der Waals surface area contributed by atoms with E-state index in [2.05, 4.69) is 4.72 Å². The molecule has 0 aromatic carbocycles. The largest absolute Gasteiger partial charge is 0.392 e. The maximum Gasteiger partial charge on any atom is 0.280 e. The molecule has 0 aliphatic carbocycles. The Balaban J connectivity index is 2.61. The molecule has 7 heteroatoms. The number of nitrogens with two attached hydrogens (primary N) is 1. The first-order valence-corrected chi connectivity index (χ1v) is 6.35. The van der Waals surface area contributed by atoms with Gasteiger partial charge in [0.2, 0.25) is 0 Å². The van der Waals surface area contributed by atoms with Crippen molar-refractivity contribution in [1.29, 1.82) is 0 Å². The molecular formula is C7H15N3O2S2. The number of rotatable bonds is 4. The quantitative estimate of drug-likeness (QED) is 0.652. The van der Waals surface area contributed by atoms with Crippen molar-refractivity contribution in [2.24, 2.45) is 5.73 Å². The summed E-state index contributed by atoms with van der Waals surface area (Å²) in [6, 6.07) is -0.490. The van der Waals surface area contributed by atoms with Crippen LogP contribution in [0.3, 0.4) is 0 Å². The van der Waals surface area contributed by atoms with Crippen LogP contribution in [0.5, 0.6) is 0 Å². The van der Waals surface area contributed by atoms with Gasteiger partial charge < -0.3 is 5.73 Å². The SMILES string of the molecule is CC(NS(=O)(=O)N1CCCC1)C(N)=S. The zero-order valence-electron chi connectivity index (χ0n) is 8.06. The molecule has 0 spiro atoms. The Hall–Kier alpha value is -0.240. The Morgan fingerprint density at radius 3 is 2.43 bits per heavy atom. The van der Waals surface area contributed by atoms with Crippen molar-refractivity contribution in [2.45, 2.75) is 25.8 Å². The molecule has 3 N–H and O–H groups in total. The molecule has 0 aromatic rings. The van der Waals surface area contributed by atoms with Crippen LogP contribution < -0.4 is 10.5 Å². The molecule has 0 aromatic heterocycles. The minimum Gasteiger partial charge on any atom is -0.392 e. The molecular weight excluding hydrogens is 222 g/mol. The molecule has 0 saturated carbocycles. The molecule has 1 rings (SSSR count). The highest BCUT2D eigenvalue weighted by Gasteiger charge is 2.26. The van der Waals surface area contributed by atoms with Gasteiger partial charge in [0.15, 0.2) is 0 Å². The highest BCUT2D eigenvalue weighted by molar-refractivity contribution is 7.87. The van der Waals surface area contributed by atoms with E-state index < -0.39 is 16.3 Å². The Labute approximate surface area is 89.8 Å². The first-order valence-electron chi connectivity index (χ1n) is 4.50.